The molecular formula is C19H16N2O4S2. The molecule has 1 N–H and O–H groups in total. The third kappa shape index (κ3) is 4.52. The summed E-state index contributed by atoms with van der Waals surface area (Å²) in [5.74, 6) is -0.522. The van der Waals surface area contributed by atoms with E-state index in [9.17, 15) is 13.2 Å². The van der Waals surface area contributed by atoms with E-state index in [1.54, 1.807) is 11.3 Å². The van der Waals surface area contributed by atoms with Gasteiger partial charge in [0.25, 0.3) is 0 Å². The SMILES string of the molecule is N#CCCNS(=O)(=O)c1ccc(C(=O)OCc2csc3ccccc23)cc1. The number of hydrogen-bond acceptors (Lipinski definition) is 6. The second-order valence-corrected chi connectivity index (χ2v) is 8.34. The zero-order chi connectivity index (χ0) is 19.3. The third-order valence-corrected chi connectivity index (χ3v) is 6.34. The number of esters is 1. The van der Waals surface area contributed by atoms with Gasteiger partial charge >= 0.3 is 5.97 Å². The van der Waals surface area contributed by atoms with Gasteiger partial charge in [0.05, 0.1) is 16.5 Å². The molecule has 0 saturated carbocycles. The maximum Gasteiger partial charge on any atom is 0.338 e. The van der Waals surface area contributed by atoms with Crippen LogP contribution in [0.1, 0.15) is 22.3 Å². The highest BCUT2D eigenvalue weighted by atomic mass is 32.2. The Morgan fingerprint density at radius 2 is 1.89 bits per heavy atom. The van der Waals surface area contributed by atoms with Gasteiger partial charge in [0.1, 0.15) is 6.61 Å². The van der Waals surface area contributed by atoms with Crippen molar-refractivity contribution in [3.8, 4) is 6.07 Å². The minimum absolute atomic E-state index is 0.0285. The molecule has 0 amide bonds. The quantitative estimate of drug-likeness (QED) is 0.484. The summed E-state index contributed by atoms with van der Waals surface area (Å²) in [5, 5.41) is 11.5. The van der Waals surface area contributed by atoms with E-state index < -0.39 is 16.0 Å². The van der Waals surface area contributed by atoms with Crippen molar-refractivity contribution in [3.05, 3.63) is 65.0 Å². The van der Waals surface area contributed by atoms with E-state index in [-0.39, 0.29) is 30.0 Å². The van der Waals surface area contributed by atoms with Crippen LogP contribution in [0, 0.1) is 11.3 Å². The largest absolute Gasteiger partial charge is 0.457 e. The molecule has 1 heterocycles. The number of fused-ring (bicyclic) bond motifs is 1. The molecule has 1 aromatic heterocycles. The number of sulfonamides is 1. The standard InChI is InChI=1S/C19H16N2O4S2/c20-10-3-11-21-27(23,24)16-8-6-14(7-9-16)19(22)25-12-15-13-26-18-5-2-1-4-17(15)18/h1-2,4-9,13,21H,3,11-12H2. The predicted octanol–water partition coefficient (Wildman–Crippen LogP) is 3.45. The predicted molar refractivity (Wildman–Crippen MR) is 103 cm³/mol. The number of nitrogens with zero attached hydrogens (tertiary/aromatic N) is 1. The summed E-state index contributed by atoms with van der Waals surface area (Å²) in [6.07, 6.45) is 0.0842. The van der Waals surface area contributed by atoms with Crippen LogP contribution >= 0.6 is 11.3 Å². The lowest BCUT2D eigenvalue weighted by Gasteiger charge is -2.07. The van der Waals surface area contributed by atoms with Gasteiger partial charge in [0.2, 0.25) is 10.0 Å². The first-order valence-corrected chi connectivity index (χ1v) is 10.5. The zero-order valence-corrected chi connectivity index (χ0v) is 15.8. The maximum absolute atomic E-state index is 12.2. The van der Waals surface area contributed by atoms with E-state index in [1.807, 2.05) is 35.7 Å². The zero-order valence-electron chi connectivity index (χ0n) is 14.2. The average Bonchev–Trinajstić information content (AvgIpc) is 3.09. The number of thiophene rings is 1. The molecule has 3 aromatic rings. The Hall–Kier alpha value is -2.73. The normalized spacial score (nSPS) is 11.2. The summed E-state index contributed by atoms with van der Waals surface area (Å²) >= 11 is 1.59. The second-order valence-electron chi connectivity index (χ2n) is 5.66. The Kier molecular flexibility index (Phi) is 5.86. The highest BCUT2D eigenvalue weighted by Gasteiger charge is 2.15. The minimum atomic E-state index is -3.70. The number of carbonyl (C=O) groups excluding carboxylic acids is 1. The lowest BCUT2D eigenvalue weighted by Crippen LogP contribution is -2.24. The number of nitriles is 1. The summed E-state index contributed by atoms with van der Waals surface area (Å²) in [7, 11) is -3.70. The highest BCUT2D eigenvalue weighted by Crippen LogP contribution is 2.26. The first-order chi connectivity index (χ1) is 13.0. The van der Waals surface area contributed by atoms with E-state index in [1.165, 1.54) is 24.3 Å². The molecule has 0 radical (unpaired) electrons. The van der Waals surface area contributed by atoms with Gasteiger partial charge < -0.3 is 4.74 Å². The average molecular weight is 400 g/mol. The van der Waals surface area contributed by atoms with Crippen LogP contribution in [-0.2, 0) is 21.4 Å². The van der Waals surface area contributed by atoms with Gasteiger partial charge in [0.15, 0.2) is 0 Å². The van der Waals surface area contributed by atoms with Crippen molar-refractivity contribution in [2.75, 3.05) is 6.54 Å². The van der Waals surface area contributed by atoms with Gasteiger partial charge in [-0.05, 0) is 41.1 Å². The highest BCUT2D eigenvalue weighted by molar-refractivity contribution is 7.89. The van der Waals surface area contributed by atoms with Crippen molar-refractivity contribution in [1.82, 2.24) is 4.72 Å². The molecule has 138 valence electrons. The summed E-state index contributed by atoms with van der Waals surface area (Å²) < 4.78 is 32.9. The van der Waals surface area contributed by atoms with Crippen LogP contribution in [0.2, 0.25) is 0 Å². The fourth-order valence-corrected chi connectivity index (χ4v) is 4.45. The Balaban J connectivity index is 1.65. The summed E-state index contributed by atoms with van der Waals surface area (Å²) in [5.41, 5.74) is 1.20. The fraction of sp³-hybridized carbons (Fsp3) is 0.158. The van der Waals surface area contributed by atoms with Gasteiger partial charge in [-0.25, -0.2) is 17.9 Å². The summed E-state index contributed by atoms with van der Waals surface area (Å²) in [6, 6.07) is 15.2. The molecule has 6 nitrogen and oxygen atoms in total. The first kappa shape index (κ1) is 19.0. The van der Waals surface area contributed by atoms with Crippen molar-refractivity contribution < 1.29 is 17.9 Å². The van der Waals surface area contributed by atoms with Gasteiger partial charge in [-0.1, -0.05) is 18.2 Å². The molecule has 8 heteroatoms. The number of carbonyl (C=O) groups is 1. The van der Waals surface area contributed by atoms with Crippen LogP contribution in [0.4, 0.5) is 0 Å². The molecule has 0 fully saturated rings. The Labute approximate surface area is 161 Å². The van der Waals surface area contributed by atoms with Crippen LogP contribution < -0.4 is 4.72 Å². The van der Waals surface area contributed by atoms with E-state index in [0.717, 1.165) is 15.6 Å². The maximum atomic E-state index is 12.2. The van der Waals surface area contributed by atoms with Gasteiger partial charge in [-0.3, -0.25) is 0 Å². The van der Waals surface area contributed by atoms with E-state index in [2.05, 4.69) is 4.72 Å². The van der Waals surface area contributed by atoms with Gasteiger partial charge in [0, 0.05) is 23.2 Å². The number of nitrogens with one attached hydrogen (secondary N) is 1. The Morgan fingerprint density at radius 3 is 2.63 bits per heavy atom. The van der Waals surface area contributed by atoms with Crippen molar-refractivity contribution in [3.63, 3.8) is 0 Å². The first-order valence-electron chi connectivity index (χ1n) is 8.10. The monoisotopic (exact) mass is 400 g/mol. The Morgan fingerprint density at radius 1 is 1.15 bits per heavy atom. The molecule has 0 aliphatic heterocycles. The summed E-state index contributed by atoms with van der Waals surface area (Å²) in [4.78, 5) is 12.3. The molecule has 27 heavy (non-hydrogen) atoms. The van der Waals surface area contributed by atoms with Crippen molar-refractivity contribution in [2.24, 2.45) is 0 Å². The van der Waals surface area contributed by atoms with Crippen molar-refractivity contribution in [1.29, 1.82) is 5.26 Å². The lowest BCUT2D eigenvalue weighted by molar-refractivity contribution is 0.0474. The molecule has 3 rings (SSSR count). The van der Waals surface area contributed by atoms with Crippen molar-refractivity contribution >= 4 is 37.4 Å². The van der Waals surface area contributed by atoms with Gasteiger partial charge in [-0.2, -0.15) is 5.26 Å². The van der Waals surface area contributed by atoms with E-state index >= 15 is 0 Å². The van der Waals surface area contributed by atoms with Crippen LogP contribution in [0.25, 0.3) is 10.1 Å². The lowest BCUT2D eigenvalue weighted by atomic mass is 10.2. The number of hydrogen-bond donors (Lipinski definition) is 1. The molecule has 0 aliphatic rings. The molecule has 0 atom stereocenters. The fourth-order valence-electron chi connectivity index (χ4n) is 2.47. The molecule has 2 aromatic carbocycles. The molecule has 0 spiro atoms. The Bertz CT molecular complexity index is 1100. The van der Waals surface area contributed by atoms with Crippen LogP contribution in [-0.4, -0.2) is 20.9 Å². The number of rotatable bonds is 7. The molecule has 0 saturated heterocycles. The topological polar surface area (TPSA) is 96.3 Å². The molecule has 0 unspecified atom stereocenters. The molecule has 0 aliphatic carbocycles. The van der Waals surface area contributed by atoms with E-state index in [0.29, 0.717) is 0 Å². The smallest absolute Gasteiger partial charge is 0.338 e. The van der Waals surface area contributed by atoms with Gasteiger partial charge in [-0.15, -0.1) is 11.3 Å². The molecule has 0 bridgehead atoms. The summed E-state index contributed by atoms with van der Waals surface area (Å²) in [6.45, 7) is 0.190. The van der Waals surface area contributed by atoms with Crippen LogP contribution in [0.3, 0.4) is 0 Å². The number of benzene rings is 2. The third-order valence-electron chi connectivity index (χ3n) is 3.85. The van der Waals surface area contributed by atoms with E-state index in [4.69, 9.17) is 10.00 Å². The second kappa shape index (κ2) is 8.31. The van der Waals surface area contributed by atoms with Crippen LogP contribution in [0.5, 0.6) is 0 Å². The number of ether oxygens (including phenoxy) is 1. The van der Waals surface area contributed by atoms with Crippen molar-refractivity contribution in [2.45, 2.75) is 17.9 Å². The molecular weight excluding hydrogens is 384 g/mol. The van der Waals surface area contributed by atoms with Crippen LogP contribution in [0.15, 0.2) is 58.8 Å². The minimum Gasteiger partial charge on any atom is -0.457 e.